The average molecular weight is 628 g/mol. The van der Waals surface area contributed by atoms with Crippen LogP contribution in [0.5, 0.6) is 11.6 Å². The maximum absolute atomic E-state index is 14.0. The van der Waals surface area contributed by atoms with Crippen LogP contribution in [0.15, 0.2) is 43.1 Å². The van der Waals surface area contributed by atoms with Gasteiger partial charge in [0.05, 0.1) is 24.9 Å². The fraction of sp³-hybridized carbons (Fsp3) is 0.548. The molecule has 13 heteroatoms. The zero-order chi connectivity index (χ0) is 31.8. The van der Waals surface area contributed by atoms with Crippen molar-refractivity contribution in [3.8, 4) is 11.6 Å². The number of benzene rings is 1. The number of likely N-dealkylation sites (N-methyl/N-ethyl adjacent to an activating group) is 1. The number of carbonyl (C=O) groups excluding carboxylic acids is 3. The first-order valence-corrected chi connectivity index (χ1v) is 16.6. The van der Waals surface area contributed by atoms with Crippen molar-refractivity contribution in [1.29, 1.82) is 0 Å². The first-order valence-electron chi connectivity index (χ1n) is 15.1. The number of sulfonamides is 1. The molecule has 5 rings (SSSR count). The van der Waals surface area contributed by atoms with E-state index in [-0.39, 0.29) is 31.2 Å². The topological polar surface area (TPSA) is 156 Å². The molecule has 0 bridgehead atoms. The van der Waals surface area contributed by atoms with E-state index in [1.165, 1.54) is 11.0 Å². The molecule has 1 aliphatic heterocycles. The molecule has 1 aromatic heterocycles. The molecule has 1 aromatic carbocycles. The monoisotopic (exact) mass is 627 g/mol. The Morgan fingerprint density at radius 1 is 1.25 bits per heavy atom. The normalized spacial score (nSPS) is 26.0. The van der Waals surface area contributed by atoms with Crippen LogP contribution < -0.4 is 24.8 Å². The second-order valence-corrected chi connectivity index (χ2v) is 14.0. The Morgan fingerprint density at radius 3 is 2.61 bits per heavy atom. The summed E-state index contributed by atoms with van der Waals surface area (Å²) in [5.41, 5.74) is -1.45. The number of carbonyl (C=O) groups is 3. The Morgan fingerprint density at radius 2 is 2.00 bits per heavy atom. The van der Waals surface area contributed by atoms with Crippen molar-refractivity contribution in [3.05, 3.63) is 43.1 Å². The average Bonchev–Trinajstić information content (AvgIpc) is 3.94. The van der Waals surface area contributed by atoms with E-state index >= 15 is 0 Å². The van der Waals surface area contributed by atoms with Gasteiger partial charge in [-0.1, -0.05) is 26.3 Å². The number of methoxy groups -OCH3 is 1. The second-order valence-electron chi connectivity index (χ2n) is 12.0. The molecule has 3 fully saturated rings. The molecule has 3 amide bonds. The molecule has 0 spiro atoms. The van der Waals surface area contributed by atoms with Crippen molar-refractivity contribution in [1.82, 2.24) is 25.2 Å². The van der Waals surface area contributed by atoms with Gasteiger partial charge in [0.2, 0.25) is 27.7 Å². The number of ether oxygens (including phenoxy) is 2. The van der Waals surface area contributed by atoms with E-state index in [1.54, 1.807) is 26.4 Å². The minimum Gasteiger partial charge on any atom is -0.497 e. The molecule has 2 saturated carbocycles. The predicted octanol–water partition coefficient (Wildman–Crippen LogP) is 1.90. The lowest BCUT2D eigenvalue weighted by Crippen LogP contribution is -2.58. The summed E-state index contributed by atoms with van der Waals surface area (Å²) in [4.78, 5) is 47.1. The van der Waals surface area contributed by atoms with E-state index in [4.69, 9.17) is 9.47 Å². The van der Waals surface area contributed by atoms with Crippen LogP contribution in [0.4, 0.5) is 0 Å². The third-order valence-electron chi connectivity index (χ3n) is 9.10. The van der Waals surface area contributed by atoms with Crippen molar-refractivity contribution < 1.29 is 32.3 Å². The van der Waals surface area contributed by atoms with E-state index < -0.39 is 56.7 Å². The Hall–Kier alpha value is -3.71. The number of pyridine rings is 1. The highest BCUT2D eigenvalue weighted by atomic mass is 32.2. The van der Waals surface area contributed by atoms with Crippen LogP contribution in [-0.4, -0.2) is 85.7 Å². The predicted molar refractivity (Wildman–Crippen MR) is 164 cm³/mol. The molecule has 238 valence electrons. The van der Waals surface area contributed by atoms with Gasteiger partial charge < -0.3 is 25.0 Å². The van der Waals surface area contributed by atoms with Crippen LogP contribution in [0.3, 0.4) is 0 Å². The van der Waals surface area contributed by atoms with Crippen LogP contribution in [-0.2, 0) is 24.4 Å². The van der Waals surface area contributed by atoms with Crippen LogP contribution in [0, 0.1) is 11.8 Å². The number of fused-ring (bicyclic) bond motifs is 1. The lowest BCUT2D eigenvalue weighted by atomic mass is 9.97. The molecule has 3 N–H and O–H groups in total. The molecule has 0 radical (unpaired) electrons. The first-order chi connectivity index (χ1) is 21.0. The van der Waals surface area contributed by atoms with Gasteiger partial charge in [0.15, 0.2) is 0 Å². The van der Waals surface area contributed by atoms with Crippen LogP contribution in [0.25, 0.3) is 10.8 Å². The number of likely N-dealkylation sites (tertiary alicyclic amines) is 1. The van der Waals surface area contributed by atoms with Gasteiger partial charge in [0.25, 0.3) is 5.91 Å². The minimum atomic E-state index is -3.83. The van der Waals surface area contributed by atoms with Crippen molar-refractivity contribution in [3.63, 3.8) is 0 Å². The molecule has 44 heavy (non-hydrogen) atoms. The Balaban J connectivity index is 1.40. The summed E-state index contributed by atoms with van der Waals surface area (Å²) in [7, 11) is -0.528. The summed E-state index contributed by atoms with van der Waals surface area (Å²) in [5.74, 6) is -0.991. The van der Waals surface area contributed by atoms with E-state index in [0.29, 0.717) is 24.5 Å². The standard InChI is InChI=1S/C31H41N5O7S/c1-6-18(3)26(32-4)29(38)36-17-22(43-28-24-11-8-21(42-5)14-19(24)12-13-33-28)15-25(36)27(37)34-31(16-20(31)7-2)30(39)35-44(40,41)23-9-10-23/h7-8,11-14,18,20,22-23,25-26,32H,2,6,9-10,15-17H2,1,3-5H3,(H,34,37)(H,35,39)/t18-,20+,22?,25-,26?,31+/m0/s1. The lowest BCUT2D eigenvalue weighted by molar-refractivity contribution is -0.142. The SMILES string of the molecule is C=C[C@@H]1C[C@]1(NC(=O)[C@@H]1CC(Oc2nccc3cc(OC)ccc23)CN1C(=O)C(NC)[C@@H](C)CC)C(=O)NS(=O)(=O)C1CC1. The number of nitrogens with one attached hydrogen (secondary N) is 3. The van der Waals surface area contributed by atoms with Gasteiger partial charge in [-0.25, -0.2) is 13.4 Å². The number of amides is 3. The maximum Gasteiger partial charge on any atom is 0.259 e. The minimum absolute atomic E-state index is 0.00998. The highest BCUT2D eigenvalue weighted by molar-refractivity contribution is 7.91. The largest absolute Gasteiger partial charge is 0.497 e. The third-order valence-corrected chi connectivity index (χ3v) is 10.9. The van der Waals surface area contributed by atoms with Gasteiger partial charge in [-0.05, 0) is 61.9 Å². The van der Waals surface area contributed by atoms with Gasteiger partial charge in [0.1, 0.15) is 23.4 Å². The summed E-state index contributed by atoms with van der Waals surface area (Å²) in [6, 6.07) is 5.86. The summed E-state index contributed by atoms with van der Waals surface area (Å²) in [6.07, 6.45) is 4.69. The summed E-state index contributed by atoms with van der Waals surface area (Å²) >= 11 is 0. The summed E-state index contributed by atoms with van der Waals surface area (Å²) in [5, 5.41) is 6.93. The van der Waals surface area contributed by atoms with Crippen molar-refractivity contribution in [2.45, 2.75) is 74.9 Å². The number of hydrogen-bond donors (Lipinski definition) is 3. The van der Waals surface area contributed by atoms with E-state index in [0.717, 1.165) is 17.2 Å². The number of nitrogens with zero attached hydrogens (tertiary/aromatic N) is 2. The summed E-state index contributed by atoms with van der Waals surface area (Å²) < 4.78 is 38.9. The van der Waals surface area contributed by atoms with Crippen molar-refractivity contribution >= 4 is 38.5 Å². The molecule has 6 atom stereocenters. The second kappa shape index (κ2) is 12.4. The van der Waals surface area contributed by atoms with E-state index in [9.17, 15) is 22.8 Å². The highest BCUT2D eigenvalue weighted by Crippen LogP contribution is 2.45. The third kappa shape index (κ3) is 6.12. The van der Waals surface area contributed by atoms with Gasteiger partial charge in [-0.2, -0.15) is 0 Å². The quantitative estimate of drug-likeness (QED) is 0.282. The van der Waals surface area contributed by atoms with Gasteiger partial charge in [0, 0.05) is 23.9 Å². The van der Waals surface area contributed by atoms with Gasteiger partial charge >= 0.3 is 0 Å². The fourth-order valence-corrected chi connectivity index (χ4v) is 7.33. The molecular formula is C31H41N5O7S. The zero-order valence-corrected chi connectivity index (χ0v) is 26.4. The van der Waals surface area contributed by atoms with Crippen LogP contribution >= 0.6 is 0 Å². The molecule has 2 unspecified atom stereocenters. The Kier molecular flexibility index (Phi) is 8.90. The number of hydrogen-bond acceptors (Lipinski definition) is 9. The highest BCUT2D eigenvalue weighted by Gasteiger charge is 2.62. The Bertz CT molecular complexity index is 1560. The zero-order valence-electron chi connectivity index (χ0n) is 25.5. The van der Waals surface area contributed by atoms with E-state index in [2.05, 4.69) is 26.9 Å². The summed E-state index contributed by atoms with van der Waals surface area (Å²) in [6.45, 7) is 7.84. The smallest absolute Gasteiger partial charge is 0.259 e. The molecule has 12 nitrogen and oxygen atoms in total. The van der Waals surface area contributed by atoms with Crippen molar-refractivity contribution in [2.75, 3.05) is 20.7 Å². The number of rotatable bonds is 13. The molecule has 3 aliphatic rings. The molecule has 1 saturated heterocycles. The molecule has 2 aromatic rings. The fourth-order valence-electron chi connectivity index (χ4n) is 5.97. The van der Waals surface area contributed by atoms with Crippen LogP contribution in [0.2, 0.25) is 0 Å². The molecular weight excluding hydrogens is 586 g/mol. The molecule has 2 aliphatic carbocycles. The Labute approximate surface area is 258 Å². The van der Waals surface area contributed by atoms with Crippen LogP contribution in [0.1, 0.15) is 46.0 Å². The maximum atomic E-state index is 14.0. The lowest BCUT2D eigenvalue weighted by Gasteiger charge is -2.31. The van der Waals surface area contributed by atoms with Gasteiger partial charge in [-0.3, -0.25) is 19.1 Å². The van der Waals surface area contributed by atoms with Gasteiger partial charge in [-0.15, -0.1) is 6.58 Å². The van der Waals surface area contributed by atoms with Crippen molar-refractivity contribution in [2.24, 2.45) is 11.8 Å². The first kappa shape index (κ1) is 31.7. The molecule has 2 heterocycles. The number of aromatic nitrogens is 1. The van der Waals surface area contributed by atoms with E-state index in [1.807, 2.05) is 32.0 Å².